The second kappa shape index (κ2) is 9.18. The highest BCUT2D eigenvalue weighted by atomic mass is 16.6. The molecule has 0 spiro atoms. The van der Waals surface area contributed by atoms with E-state index in [2.05, 4.69) is 10.5 Å². The predicted molar refractivity (Wildman–Crippen MR) is 107 cm³/mol. The maximum absolute atomic E-state index is 12.5. The summed E-state index contributed by atoms with van der Waals surface area (Å²) in [6, 6.07) is 11.0. The number of amides is 1. The van der Waals surface area contributed by atoms with Gasteiger partial charge in [0.1, 0.15) is 5.75 Å². The number of rotatable bonds is 8. The van der Waals surface area contributed by atoms with E-state index in [0.717, 1.165) is 16.9 Å². The van der Waals surface area contributed by atoms with Gasteiger partial charge in [0.2, 0.25) is 11.9 Å². The van der Waals surface area contributed by atoms with Crippen molar-refractivity contribution >= 4 is 11.6 Å². The van der Waals surface area contributed by atoms with Crippen molar-refractivity contribution in [1.29, 1.82) is 0 Å². The molecule has 0 radical (unpaired) electrons. The van der Waals surface area contributed by atoms with E-state index in [1.54, 1.807) is 40.6 Å². The van der Waals surface area contributed by atoms with Gasteiger partial charge >= 0.3 is 0 Å². The summed E-state index contributed by atoms with van der Waals surface area (Å²) in [5, 5.41) is 6.95. The van der Waals surface area contributed by atoms with E-state index in [1.165, 1.54) is 0 Å². The Morgan fingerprint density at radius 3 is 2.24 bits per heavy atom. The summed E-state index contributed by atoms with van der Waals surface area (Å²) in [7, 11) is 6.24. The van der Waals surface area contributed by atoms with Crippen LogP contribution in [-0.2, 0) is 16.2 Å². The number of nitrogens with one attached hydrogen (secondary N) is 1. The zero-order chi connectivity index (χ0) is 20.8. The first kappa shape index (κ1) is 20.3. The lowest BCUT2D eigenvalue weighted by molar-refractivity contribution is -0.131. The minimum atomic E-state index is -0.692. The standard InChI is InChI=1S/C21H24N2O6/c1-25-15-7-5-13(6-8-15)12-22-21(24)19-11-16(23-29-19)14-9-17(26-2)20(28-4)18(10-14)27-3/h5-10,19H,11-12H2,1-4H3,(H,22,24)/t19-/m0/s1. The first-order valence-corrected chi connectivity index (χ1v) is 9.03. The van der Waals surface area contributed by atoms with E-state index in [4.69, 9.17) is 23.8 Å². The molecule has 2 aromatic carbocycles. The molecule has 0 aromatic heterocycles. The van der Waals surface area contributed by atoms with Crippen LogP contribution in [-0.4, -0.2) is 46.2 Å². The van der Waals surface area contributed by atoms with Crippen molar-refractivity contribution < 1.29 is 28.6 Å². The second-order valence-electron chi connectivity index (χ2n) is 6.32. The van der Waals surface area contributed by atoms with Crippen LogP contribution < -0.4 is 24.3 Å². The third kappa shape index (κ3) is 4.53. The quantitative estimate of drug-likeness (QED) is 0.733. The second-order valence-corrected chi connectivity index (χ2v) is 6.32. The van der Waals surface area contributed by atoms with Gasteiger partial charge in [-0.2, -0.15) is 0 Å². The van der Waals surface area contributed by atoms with Crippen LogP contribution in [0.4, 0.5) is 0 Å². The van der Waals surface area contributed by atoms with Crippen molar-refractivity contribution in [1.82, 2.24) is 5.32 Å². The molecule has 0 saturated carbocycles. The van der Waals surface area contributed by atoms with Crippen molar-refractivity contribution in [2.45, 2.75) is 19.1 Å². The van der Waals surface area contributed by atoms with Gasteiger partial charge in [-0.15, -0.1) is 0 Å². The molecule has 0 unspecified atom stereocenters. The first-order valence-electron chi connectivity index (χ1n) is 9.03. The largest absolute Gasteiger partial charge is 0.497 e. The summed E-state index contributed by atoms with van der Waals surface area (Å²) in [5.74, 6) is 2.05. The van der Waals surface area contributed by atoms with Crippen LogP contribution in [0.3, 0.4) is 0 Å². The lowest BCUT2D eigenvalue weighted by Crippen LogP contribution is -2.34. The monoisotopic (exact) mass is 400 g/mol. The molecular formula is C21H24N2O6. The van der Waals surface area contributed by atoms with Crippen molar-refractivity contribution in [3.05, 3.63) is 47.5 Å². The number of methoxy groups -OCH3 is 4. The molecule has 8 heteroatoms. The fourth-order valence-corrected chi connectivity index (χ4v) is 2.98. The highest BCUT2D eigenvalue weighted by molar-refractivity contribution is 6.04. The van der Waals surface area contributed by atoms with Gasteiger partial charge in [0.05, 0.1) is 34.2 Å². The predicted octanol–water partition coefficient (Wildman–Crippen LogP) is 2.53. The molecular weight excluding hydrogens is 376 g/mol. The van der Waals surface area contributed by atoms with Gasteiger partial charge < -0.3 is 29.1 Å². The molecule has 3 rings (SSSR count). The molecule has 1 aliphatic rings. The molecule has 1 amide bonds. The maximum atomic E-state index is 12.5. The Morgan fingerprint density at radius 2 is 1.69 bits per heavy atom. The van der Waals surface area contributed by atoms with Gasteiger partial charge in [0, 0.05) is 18.5 Å². The summed E-state index contributed by atoms with van der Waals surface area (Å²) in [4.78, 5) is 17.8. The fourth-order valence-electron chi connectivity index (χ4n) is 2.98. The first-order chi connectivity index (χ1) is 14.1. The molecule has 0 saturated heterocycles. The number of nitrogens with zero attached hydrogens (tertiary/aromatic N) is 1. The molecule has 1 heterocycles. The number of carbonyl (C=O) groups excluding carboxylic acids is 1. The van der Waals surface area contributed by atoms with E-state index in [0.29, 0.717) is 35.9 Å². The van der Waals surface area contributed by atoms with E-state index in [-0.39, 0.29) is 5.91 Å². The summed E-state index contributed by atoms with van der Waals surface area (Å²) in [5.41, 5.74) is 2.33. The molecule has 0 fully saturated rings. The Hall–Kier alpha value is -3.42. The minimum absolute atomic E-state index is 0.230. The van der Waals surface area contributed by atoms with Crippen LogP contribution in [0, 0.1) is 0 Å². The number of oxime groups is 1. The van der Waals surface area contributed by atoms with Gasteiger partial charge in [-0.1, -0.05) is 17.3 Å². The number of benzene rings is 2. The van der Waals surface area contributed by atoms with Crippen LogP contribution in [0.2, 0.25) is 0 Å². The van der Waals surface area contributed by atoms with Crippen molar-refractivity contribution in [2.75, 3.05) is 28.4 Å². The average Bonchev–Trinajstić information content (AvgIpc) is 3.27. The molecule has 154 valence electrons. The lowest BCUT2D eigenvalue weighted by Gasteiger charge is -2.14. The van der Waals surface area contributed by atoms with Gasteiger partial charge in [-0.3, -0.25) is 4.79 Å². The van der Waals surface area contributed by atoms with Crippen molar-refractivity contribution in [2.24, 2.45) is 5.16 Å². The number of hydrogen-bond donors (Lipinski definition) is 1. The van der Waals surface area contributed by atoms with Gasteiger partial charge in [0.15, 0.2) is 11.5 Å². The van der Waals surface area contributed by atoms with E-state index in [1.807, 2.05) is 24.3 Å². The zero-order valence-corrected chi connectivity index (χ0v) is 16.9. The van der Waals surface area contributed by atoms with Gasteiger partial charge in [-0.25, -0.2) is 0 Å². The van der Waals surface area contributed by atoms with Crippen LogP contribution in [0.15, 0.2) is 41.6 Å². The van der Waals surface area contributed by atoms with Crippen LogP contribution in [0.25, 0.3) is 0 Å². The molecule has 1 atom stereocenters. The summed E-state index contributed by atoms with van der Waals surface area (Å²) in [6.07, 6.45) is -0.352. The lowest BCUT2D eigenvalue weighted by atomic mass is 10.0. The summed E-state index contributed by atoms with van der Waals surface area (Å²) in [6.45, 7) is 0.391. The Bertz CT molecular complexity index is 870. The third-order valence-corrected chi connectivity index (χ3v) is 4.59. The average molecular weight is 400 g/mol. The van der Waals surface area contributed by atoms with Crippen molar-refractivity contribution in [3.63, 3.8) is 0 Å². The fraction of sp³-hybridized carbons (Fsp3) is 0.333. The zero-order valence-electron chi connectivity index (χ0n) is 16.9. The maximum Gasteiger partial charge on any atom is 0.264 e. The number of ether oxygens (including phenoxy) is 4. The van der Waals surface area contributed by atoms with Crippen molar-refractivity contribution in [3.8, 4) is 23.0 Å². The van der Waals surface area contributed by atoms with E-state index < -0.39 is 6.10 Å². The highest BCUT2D eigenvalue weighted by Crippen LogP contribution is 2.39. The topological polar surface area (TPSA) is 87.6 Å². The van der Waals surface area contributed by atoms with Crippen LogP contribution in [0.5, 0.6) is 23.0 Å². The highest BCUT2D eigenvalue weighted by Gasteiger charge is 2.30. The summed E-state index contributed by atoms with van der Waals surface area (Å²) < 4.78 is 21.2. The molecule has 1 N–H and O–H groups in total. The van der Waals surface area contributed by atoms with Gasteiger partial charge in [-0.05, 0) is 29.8 Å². The number of hydrogen-bond acceptors (Lipinski definition) is 7. The SMILES string of the molecule is COc1ccc(CNC(=O)[C@@H]2CC(c3cc(OC)c(OC)c(OC)c3)=NO2)cc1. The van der Waals surface area contributed by atoms with Gasteiger partial charge in [0.25, 0.3) is 5.91 Å². The molecule has 1 aliphatic heterocycles. The van der Waals surface area contributed by atoms with Crippen LogP contribution >= 0.6 is 0 Å². The molecule has 0 aliphatic carbocycles. The molecule has 0 bridgehead atoms. The Balaban J connectivity index is 1.63. The molecule has 29 heavy (non-hydrogen) atoms. The Labute approximate surface area is 169 Å². The molecule has 8 nitrogen and oxygen atoms in total. The van der Waals surface area contributed by atoms with Crippen LogP contribution in [0.1, 0.15) is 17.5 Å². The smallest absolute Gasteiger partial charge is 0.264 e. The third-order valence-electron chi connectivity index (χ3n) is 4.59. The molecule has 2 aromatic rings. The number of carbonyl (C=O) groups is 1. The Kier molecular flexibility index (Phi) is 6.43. The van der Waals surface area contributed by atoms with E-state index >= 15 is 0 Å². The minimum Gasteiger partial charge on any atom is -0.497 e. The normalized spacial score (nSPS) is 15.2. The Morgan fingerprint density at radius 1 is 1.03 bits per heavy atom. The van der Waals surface area contributed by atoms with E-state index in [9.17, 15) is 4.79 Å². The summed E-state index contributed by atoms with van der Waals surface area (Å²) >= 11 is 0.